The molecule has 1 atom stereocenters. The molecule has 1 amide bonds. The fraction of sp³-hybridized carbons (Fsp3) is 0.471. The van der Waals surface area contributed by atoms with Crippen molar-refractivity contribution < 1.29 is 4.79 Å². The summed E-state index contributed by atoms with van der Waals surface area (Å²) < 4.78 is 1.63. The molecule has 6 heteroatoms. The van der Waals surface area contributed by atoms with Gasteiger partial charge in [0.25, 0.3) is 5.56 Å². The molecule has 0 radical (unpaired) electrons. The smallest absolute Gasteiger partial charge is 0.262 e. The third-order valence-electron chi connectivity index (χ3n) is 4.19. The summed E-state index contributed by atoms with van der Waals surface area (Å²) in [6, 6.07) is 7.56. The number of para-hydroxylation sites is 1. The molecule has 1 N–H and O–H groups in total. The lowest BCUT2D eigenvalue weighted by molar-refractivity contribution is -0.119. The van der Waals surface area contributed by atoms with Crippen molar-refractivity contribution in [3.63, 3.8) is 0 Å². The number of nitrogens with zero attached hydrogens (tertiary/aromatic N) is 2. The van der Waals surface area contributed by atoms with E-state index in [-0.39, 0.29) is 23.3 Å². The lowest BCUT2D eigenvalue weighted by Crippen LogP contribution is -2.35. The Labute approximate surface area is 139 Å². The van der Waals surface area contributed by atoms with Gasteiger partial charge in [-0.25, -0.2) is 4.98 Å². The van der Waals surface area contributed by atoms with Crippen LogP contribution in [0.15, 0.2) is 34.2 Å². The van der Waals surface area contributed by atoms with E-state index in [4.69, 9.17) is 0 Å². The molecule has 2 aromatic rings. The number of amides is 1. The molecule has 23 heavy (non-hydrogen) atoms. The predicted molar refractivity (Wildman–Crippen MR) is 92.7 cm³/mol. The van der Waals surface area contributed by atoms with Crippen LogP contribution >= 0.6 is 11.8 Å². The summed E-state index contributed by atoms with van der Waals surface area (Å²) >= 11 is 1.32. The fourth-order valence-corrected chi connectivity index (χ4v) is 3.55. The second kappa shape index (κ2) is 6.74. The Bertz CT molecular complexity index is 783. The highest BCUT2D eigenvalue weighted by molar-refractivity contribution is 7.99. The number of nitrogens with one attached hydrogen (secondary N) is 1. The lowest BCUT2D eigenvalue weighted by atomic mass is 10.2. The molecule has 1 heterocycles. The second-order valence-electron chi connectivity index (χ2n) is 5.94. The number of fused-ring (bicyclic) bond motifs is 1. The number of rotatable bonds is 6. The van der Waals surface area contributed by atoms with Crippen LogP contribution in [0.25, 0.3) is 10.9 Å². The van der Waals surface area contributed by atoms with Crippen LogP contribution in [0.4, 0.5) is 0 Å². The zero-order valence-corrected chi connectivity index (χ0v) is 14.2. The maximum Gasteiger partial charge on any atom is 0.262 e. The topological polar surface area (TPSA) is 64.0 Å². The van der Waals surface area contributed by atoms with Crippen LogP contribution in [0.5, 0.6) is 0 Å². The highest BCUT2D eigenvalue weighted by Crippen LogP contribution is 2.32. The Kier molecular flexibility index (Phi) is 4.71. The Balaban J connectivity index is 1.76. The van der Waals surface area contributed by atoms with E-state index in [1.807, 2.05) is 25.1 Å². The zero-order chi connectivity index (χ0) is 16.4. The molecule has 1 aromatic heterocycles. The average Bonchev–Trinajstić information content (AvgIpc) is 3.38. The van der Waals surface area contributed by atoms with Crippen molar-refractivity contribution in [2.75, 3.05) is 5.75 Å². The molecule has 0 bridgehead atoms. The summed E-state index contributed by atoms with van der Waals surface area (Å²) in [5, 5.41) is 4.24. The average molecular weight is 331 g/mol. The molecular formula is C17H21N3O2S. The second-order valence-corrected chi connectivity index (χ2v) is 6.89. The van der Waals surface area contributed by atoms with E-state index in [0.29, 0.717) is 28.5 Å². The Morgan fingerprint density at radius 1 is 1.43 bits per heavy atom. The summed E-state index contributed by atoms with van der Waals surface area (Å²) in [5.74, 6) is 0.915. The van der Waals surface area contributed by atoms with Gasteiger partial charge in [0.05, 0.1) is 16.7 Å². The van der Waals surface area contributed by atoms with E-state index in [1.54, 1.807) is 10.6 Å². The van der Waals surface area contributed by atoms with Gasteiger partial charge in [-0.15, -0.1) is 0 Å². The summed E-state index contributed by atoms with van der Waals surface area (Å²) in [7, 11) is 0. The van der Waals surface area contributed by atoms with Gasteiger partial charge in [-0.1, -0.05) is 23.9 Å². The summed E-state index contributed by atoms with van der Waals surface area (Å²) in [6.45, 7) is 4.51. The zero-order valence-electron chi connectivity index (χ0n) is 13.4. The predicted octanol–water partition coefficient (Wildman–Crippen LogP) is 2.42. The molecular weight excluding hydrogens is 310 g/mol. The van der Waals surface area contributed by atoms with E-state index in [1.165, 1.54) is 24.6 Å². The van der Waals surface area contributed by atoms with Gasteiger partial charge in [0.15, 0.2) is 5.16 Å². The first-order valence-electron chi connectivity index (χ1n) is 8.02. The number of aromatic nitrogens is 2. The van der Waals surface area contributed by atoms with Crippen LogP contribution in [0.2, 0.25) is 0 Å². The van der Waals surface area contributed by atoms with Crippen molar-refractivity contribution in [3.8, 4) is 0 Å². The normalized spacial score (nSPS) is 15.6. The SMILES string of the molecule is CCn1c(SCC(=O)N[C@@H](C)C2CC2)nc2ccccc2c1=O. The van der Waals surface area contributed by atoms with E-state index in [9.17, 15) is 9.59 Å². The number of thioether (sulfide) groups is 1. The van der Waals surface area contributed by atoms with Crippen molar-refractivity contribution in [3.05, 3.63) is 34.6 Å². The van der Waals surface area contributed by atoms with Crippen molar-refractivity contribution in [2.45, 2.75) is 44.4 Å². The molecule has 5 nitrogen and oxygen atoms in total. The summed E-state index contributed by atoms with van der Waals surface area (Å²) in [4.78, 5) is 29.1. The van der Waals surface area contributed by atoms with Crippen LogP contribution < -0.4 is 10.9 Å². The number of benzene rings is 1. The van der Waals surface area contributed by atoms with Crippen molar-refractivity contribution in [2.24, 2.45) is 5.92 Å². The van der Waals surface area contributed by atoms with Gasteiger partial charge < -0.3 is 5.32 Å². The molecule has 1 aliphatic carbocycles. The minimum absolute atomic E-state index is 0.000499. The Hall–Kier alpha value is -1.82. The maximum absolute atomic E-state index is 12.5. The Morgan fingerprint density at radius 2 is 2.17 bits per heavy atom. The summed E-state index contributed by atoms with van der Waals surface area (Å²) in [5.41, 5.74) is 0.629. The van der Waals surface area contributed by atoms with E-state index >= 15 is 0 Å². The first-order chi connectivity index (χ1) is 11.1. The van der Waals surface area contributed by atoms with Gasteiger partial charge >= 0.3 is 0 Å². The molecule has 3 rings (SSSR count). The molecule has 0 unspecified atom stereocenters. The molecule has 1 aliphatic rings. The highest BCUT2D eigenvalue weighted by Gasteiger charge is 2.28. The maximum atomic E-state index is 12.5. The molecule has 0 spiro atoms. The largest absolute Gasteiger partial charge is 0.353 e. The minimum Gasteiger partial charge on any atom is -0.353 e. The quantitative estimate of drug-likeness (QED) is 0.652. The first kappa shape index (κ1) is 16.1. The van der Waals surface area contributed by atoms with Gasteiger partial charge in [-0.05, 0) is 44.7 Å². The van der Waals surface area contributed by atoms with Crippen molar-refractivity contribution in [1.29, 1.82) is 0 Å². The monoisotopic (exact) mass is 331 g/mol. The minimum atomic E-state index is -0.0487. The molecule has 1 saturated carbocycles. The number of carbonyl (C=O) groups excluding carboxylic acids is 1. The fourth-order valence-electron chi connectivity index (χ4n) is 2.68. The summed E-state index contributed by atoms with van der Waals surface area (Å²) in [6.07, 6.45) is 2.41. The van der Waals surface area contributed by atoms with E-state index in [2.05, 4.69) is 17.2 Å². The van der Waals surface area contributed by atoms with Crippen LogP contribution in [-0.2, 0) is 11.3 Å². The van der Waals surface area contributed by atoms with Crippen molar-refractivity contribution in [1.82, 2.24) is 14.9 Å². The third-order valence-corrected chi connectivity index (χ3v) is 5.17. The van der Waals surface area contributed by atoms with Gasteiger partial charge in [0, 0.05) is 12.6 Å². The van der Waals surface area contributed by atoms with Gasteiger partial charge in [0.1, 0.15) is 0 Å². The third kappa shape index (κ3) is 3.58. The van der Waals surface area contributed by atoms with E-state index in [0.717, 1.165) is 0 Å². The molecule has 0 aliphatic heterocycles. The van der Waals surface area contributed by atoms with Crippen molar-refractivity contribution >= 4 is 28.6 Å². The number of hydrogen-bond donors (Lipinski definition) is 1. The first-order valence-corrected chi connectivity index (χ1v) is 9.00. The molecule has 1 fully saturated rings. The lowest BCUT2D eigenvalue weighted by Gasteiger charge is -2.14. The van der Waals surface area contributed by atoms with Crippen LogP contribution in [0.1, 0.15) is 26.7 Å². The molecule has 122 valence electrons. The van der Waals surface area contributed by atoms with E-state index < -0.39 is 0 Å². The van der Waals surface area contributed by atoms with Gasteiger partial charge in [-0.2, -0.15) is 0 Å². The van der Waals surface area contributed by atoms with Crippen LogP contribution in [0.3, 0.4) is 0 Å². The van der Waals surface area contributed by atoms with Crippen LogP contribution in [-0.4, -0.2) is 27.3 Å². The van der Waals surface area contributed by atoms with Gasteiger partial charge in [-0.3, -0.25) is 14.2 Å². The van der Waals surface area contributed by atoms with Gasteiger partial charge in [0.2, 0.25) is 5.91 Å². The molecule has 0 saturated heterocycles. The number of hydrogen-bond acceptors (Lipinski definition) is 4. The van der Waals surface area contributed by atoms with Crippen LogP contribution in [0, 0.1) is 5.92 Å². The standard InChI is InChI=1S/C17H21N3O2S/c1-3-20-16(22)13-6-4-5-7-14(13)19-17(20)23-10-15(21)18-11(2)12-8-9-12/h4-7,11-12H,3,8-10H2,1-2H3,(H,18,21)/t11-/m0/s1. The Morgan fingerprint density at radius 3 is 2.87 bits per heavy atom. The number of carbonyl (C=O) groups is 1. The molecule has 1 aromatic carbocycles. The highest BCUT2D eigenvalue weighted by atomic mass is 32.2.